The molecule has 0 bridgehead atoms. The molecule has 0 unspecified atom stereocenters. The summed E-state index contributed by atoms with van der Waals surface area (Å²) in [6.07, 6.45) is -1.60. The van der Waals surface area contributed by atoms with Crippen molar-refractivity contribution >= 4 is 23.6 Å². The smallest absolute Gasteiger partial charge is 0.417 e. The molecule has 0 saturated heterocycles. The second-order valence-electron chi connectivity index (χ2n) is 12.7. The lowest BCUT2D eigenvalue weighted by Crippen LogP contribution is -2.54. The average molecular weight is 648 g/mol. The Balaban J connectivity index is 1.59. The molecule has 12 heteroatoms. The zero-order valence-electron chi connectivity index (χ0n) is 27.1. The molecule has 46 heavy (non-hydrogen) atoms. The maximum absolute atomic E-state index is 14.5. The molecule has 2 aromatic carbocycles. The highest BCUT2D eigenvalue weighted by molar-refractivity contribution is 6.05. The van der Waals surface area contributed by atoms with Gasteiger partial charge in [0, 0.05) is 38.9 Å². The van der Waals surface area contributed by atoms with E-state index in [1.165, 1.54) is 18.7 Å². The van der Waals surface area contributed by atoms with Crippen molar-refractivity contribution in [1.82, 2.24) is 10.2 Å². The molecule has 1 heterocycles. The van der Waals surface area contributed by atoms with Crippen LogP contribution >= 0.6 is 0 Å². The van der Waals surface area contributed by atoms with E-state index in [1.807, 2.05) is 18.2 Å². The Kier molecular flexibility index (Phi) is 11.2. The van der Waals surface area contributed by atoms with Gasteiger partial charge in [-0.2, -0.15) is 13.2 Å². The second-order valence-corrected chi connectivity index (χ2v) is 12.7. The average Bonchev–Trinajstić information content (AvgIpc) is 3.00. The lowest BCUT2D eigenvalue weighted by molar-refractivity contribution is -0.138. The van der Waals surface area contributed by atoms with Gasteiger partial charge in [-0.3, -0.25) is 9.59 Å². The van der Waals surface area contributed by atoms with Gasteiger partial charge in [-0.25, -0.2) is 4.79 Å². The van der Waals surface area contributed by atoms with Gasteiger partial charge in [-0.1, -0.05) is 30.3 Å². The van der Waals surface area contributed by atoms with E-state index in [1.54, 1.807) is 38.0 Å². The Morgan fingerprint density at radius 1 is 1.11 bits per heavy atom. The number of benzene rings is 2. The van der Waals surface area contributed by atoms with E-state index in [-0.39, 0.29) is 43.2 Å². The van der Waals surface area contributed by atoms with Crippen molar-refractivity contribution < 1.29 is 41.8 Å². The molecule has 4 rings (SSSR count). The van der Waals surface area contributed by atoms with Crippen LogP contribution in [0.3, 0.4) is 0 Å². The van der Waals surface area contributed by atoms with Crippen molar-refractivity contribution in [3.8, 4) is 5.75 Å². The normalized spacial score (nSPS) is 19.3. The minimum absolute atomic E-state index is 0.0344. The van der Waals surface area contributed by atoms with Gasteiger partial charge in [0.15, 0.2) is 5.60 Å². The number of nitrogens with one attached hydrogen (secondary N) is 1. The topological polar surface area (TPSA) is 97.4 Å². The zero-order valence-corrected chi connectivity index (χ0v) is 27.1. The quantitative estimate of drug-likeness (QED) is 0.296. The van der Waals surface area contributed by atoms with E-state index in [2.05, 4.69) is 5.32 Å². The van der Waals surface area contributed by atoms with Crippen LogP contribution in [0.5, 0.6) is 5.75 Å². The number of alkyl carbamates (subject to hydrolysis) is 1. The standard InChI is InChI=1S/C34H44F3N3O6/c1-22(2)40(25-13-11-23(12-14-25)15-18-44-5)30(41)26-19-28-29(20-27(26)34(35,36)37)46-33(3,4)31(42)39(28)17-16-38-32(43)45-21-24-9-7-6-8-10-24/h6-10,19-20,22-23,25H,11-18,21H2,1-5H3,(H,38,43)/t23-,25-. The van der Waals surface area contributed by atoms with E-state index in [0.717, 1.165) is 37.0 Å². The van der Waals surface area contributed by atoms with Gasteiger partial charge in [0.05, 0.1) is 16.8 Å². The molecule has 0 aromatic heterocycles. The maximum atomic E-state index is 14.5. The number of carbonyl (C=O) groups is 3. The summed E-state index contributed by atoms with van der Waals surface area (Å²) in [5.74, 6) is -0.994. The van der Waals surface area contributed by atoms with Crippen molar-refractivity contribution in [3.05, 3.63) is 59.2 Å². The molecule has 0 atom stereocenters. The van der Waals surface area contributed by atoms with Crippen molar-refractivity contribution in [1.29, 1.82) is 0 Å². The van der Waals surface area contributed by atoms with Crippen molar-refractivity contribution in [2.24, 2.45) is 5.92 Å². The van der Waals surface area contributed by atoms with Crippen LogP contribution in [0.4, 0.5) is 23.7 Å². The molecule has 0 spiro atoms. The zero-order chi connectivity index (χ0) is 33.6. The summed E-state index contributed by atoms with van der Waals surface area (Å²) < 4.78 is 59.8. The van der Waals surface area contributed by atoms with E-state index in [9.17, 15) is 27.6 Å². The molecular formula is C34H44F3N3O6. The van der Waals surface area contributed by atoms with Gasteiger partial charge in [0.1, 0.15) is 12.4 Å². The van der Waals surface area contributed by atoms with Gasteiger partial charge in [-0.05, 0) is 83.4 Å². The Labute approximate surface area is 268 Å². The molecule has 1 aliphatic carbocycles. The van der Waals surface area contributed by atoms with Gasteiger partial charge in [0.2, 0.25) is 0 Å². The third kappa shape index (κ3) is 8.31. The van der Waals surface area contributed by atoms with Crippen molar-refractivity contribution in [3.63, 3.8) is 0 Å². The minimum atomic E-state index is -4.86. The number of rotatable bonds is 11. The van der Waals surface area contributed by atoms with E-state index in [4.69, 9.17) is 14.2 Å². The fraction of sp³-hybridized carbons (Fsp3) is 0.559. The van der Waals surface area contributed by atoms with Crippen LogP contribution in [0.2, 0.25) is 0 Å². The number of alkyl halides is 3. The van der Waals surface area contributed by atoms with Crippen LogP contribution in [-0.2, 0) is 27.1 Å². The van der Waals surface area contributed by atoms with Crippen LogP contribution in [-0.4, -0.2) is 67.3 Å². The first-order valence-corrected chi connectivity index (χ1v) is 15.7. The van der Waals surface area contributed by atoms with Gasteiger partial charge < -0.3 is 29.3 Å². The summed E-state index contributed by atoms with van der Waals surface area (Å²) in [7, 11) is 1.65. The minimum Gasteiger partial charge on any atom is -0.476 e. The number of halogens is 3. The molecule has 252 valence electrons. The molecular weight excluding hydrogens is 603 g/mol. The Morgan fingerprint density at radius 3 is 2.39 bits per heavy atom. The third-order valence-corrected chi connectivity index (χ3v) is 8.60. The lowest BCUT2D eigenvalue weighted by Gasteiger charge is -2.41. The number of nitrogens with zero attached hydrogens (tertiary/aromatic N) is 2. The number of hydrogen-bond acceptors (Lipinski definition) is 6. The summed E-state index contributed by atoms with van der Waals surface area (Å²) in [5, 5.41) is 2.59. The SMILES string of the molecule is COCC[C@H]1CC[C@H](N(C(=O)c2cc3c(cc2C(F)(F)F)OC(C)(C)C(=O)N3CCNC(=O)OCc2ccccc2)C(C)C)CC1. The second kappa shape index (κ2) is 14.7. The summed E-state index contributed by atoms with van der Waals surface area (Å²) in [5.41, 5.74) is -2.32. The van der Waals surface area contributed by atoms with Gasteiger partial charge in [-0.15, -0.1) is 0 Å². The number of amides is 3. The summed E-state index contributed by atoms with van der Waals surface area (Å²) in [6.45, 7) is 7.07. The molecule has 2 aromatic rings. The number of methoxy groups -OCH3 is 1. The molecule has 9 nitrogen and oxygen atoms in total. The fourth-order valence-corrected chi connectivity index (χ4v) is 6.25. The fourth-order valence-electron chi connectivity index (χ4n) is 6.25. The van der Waals surface area contributed by atoms with Crippen LogP contribution in [0.1, 0.15) is 81.3 Å². The first-order chi connectivity index (χ1) is 21.7. The highest BCUT2D eigenvalue weighted by Gasteiger charge is 2.45. The largest absolute Gasteiger partial charge is 0.476 e. The maximum Gasteiger partial charge on any atom is 0.417 e. The molecule has 1 saturated carbocycles. The Bertz CT molecular complexity index is 1370. The predicted molar refractivity (Wildman–Crippen MR) is 167 cm³/mol. The number of anilines is 1. The Morgan fingerprint density at radius 2 is 1.78 bits per heavy atom. The van der Waals surface area contributed by atoms with Gasteiger partial charge in [0.25, 0.3) is 11.8 Å². The summed E-state index contributed by atoms with van der Waals surface area (Å²) in [4.78, 5) is 42.7. The third-order valence-electron chi connectivity index (χ3n) is 8.60. The molecule has 3 amide bonds. The summed E-state index contributed by atoms with van der Waals surface area (Å²) >= 11 is 0. The number of ether oxygens (including phenoxy) is 3. The number of fused-ring (bicyclic) bond motifs is 1. The highest BCUT2D eigenvalue weighted by atomic mass is 19.4. The molecule has 2 aliphatic rings. The van der Waals surface area contributed by atoms with Crippen molar-refractivity contribution in [2.75, 3.05) is 31.7 Å². The number of carbonyl (C=O) groups excluding carboxylic acids is 3. The molecule has 1 fully saturated rings. The molecule has 1 N–H and O–H groups in total. The van der Waals surface area contributed by atoms with Gasteiger partial charge >= 0.3 is 12.3 Å². The van der Waals surface area contributed by atoms with E-state index in [0.29, 0.717) is 25.4 Å². The van der Waals surface area contributed by atoms with Crippen LogP contribution in [0, 0.1) is 5.92 Å². The number of hydrogen-bond donors (Lipinski definition) is 1. The highest BCUT2D eigenvalue weighted by Crippen LogP contribution is 2.44. The molecule has 1 aliphatic heterocycles. The predicted octanol–water partition coefficient (Wildman–Crippen LogP) is 6.58. The first-order valence-electron chi connectivity index (χ1n) is 15.7. The lowest BCUT2D eigenvalue weighted by atomic mass is 9.83. The summed E-state index contributed by atoms with van der Waals surface area (Å²) in [6, 6.07) is 10.4. The van der Waals surface area contributed by atoms with Crippen LogP contribution in [0.25, 0.3) is 0 Å². The van der Waals surface area contributed by atoms with Crippen LogP contribution in [0.15, 0.2) is 42.5 Å². The van der Waals surface area contributed by atoms with E-state index < -0.39 is 40.8 Å². The monoisotopic (exact) mass is 647 g/mol. The first kappa shape index (κ1) is 35.1. The van der Waals surface area contributed by atoms with Crippen molar-refractivity contribution in [2.45, 2.75) is 90.3 Å². The van der Waals surface area contributed by atoms with Crippen LogP contribution < -0.4 is 15.0 Å². The van der Waals surface area contributed by atoms with E-state index >= 15 is 0 Å². The Hall–Kier alpha value is -3.80. The molecule has 0 radical (unpaired) electrons.